The lowest BCUT2D eigenvalue weighted by atomic mass is 10.2. The molecule has 23 heavy (non-hydrogen) atoms. The van der Waals surface area contributed by atoms with E-state index in [-0.39, 0.29) is 6.04 Å². The number of rotatable bonds is 5. The van der Waals surface area contributed by atoms with Crippen LogP contribution in [0.2, 0.25) is 0 Å². The van der Waals surface area contributed by atoms with Crippen LogP contribution < -0.4 is 4.72 Å². The summed E-state index contributed by atoms with van der Waals surface area (Å²) in [5, 5.41) is 4.33. The van der Waals surface area contributed by atoms with Gasteiger partial charge in [0.1, 0.15) is 0 Å². The van der Waals surface area contributed by atoms with E-state index in [1.807, 2.05) is 35.9 Å². The van der Waals surface area contributed by atoms with Gasteiger partial charge in [0.15, 0.2) is 0 Å². The van der Waals surface area contributed by atoms with Crippen LogP contribution in [0.15, 0.2) is 30.5 Å². The van der Waals surface area contributed by atoms with Crippen molar-refractivity contribution >= 4 is 10.0 Å². The Morgan fingerprint density at radius 1 is 1.35 bits per heavy atom. The first kappa shape index (κ1) is 16.1. The van der Waals surface area contributed by atoms with Crippen LogP contribution in [0.5, 0.6) is 0 Å². The molecule has 1 aliphatic rings. The van der Waals surface area contributed by atoms with E-state index in [9.17, 15) is 8.42 Å². The predicted octanol–water partition coefficient (Wildman–Crippen LogP) is 0.693. The van der Waals surface area contributed by atoms with Crippen molar-refractivity contribution in [1.82, 2.24) is 24.4 Å². The summed E-state index contributed by atoms with van der Waals surface area (Å²) in [5.41, 5.74) is 3.11. The fraction of sp³-hybridized carbons (Fsp3) is 0.467. The van der Waals surface area contributed by atoms with Crippen LogP contribution in [0.25, 0.3) is 0 Å². The van der Waals surface area contributed by atoms with Crippen molar-refractivity contribution < 1.29 is 8.42 Å². The van der Waals surface area contributed by atoms with Gasteiger partial charge in [0.2, 0.25) is 10.0 Å². The standard InChI is InChI=1S/C15H21N5O2S/c1-12-4-3-5-13(18-12)9-19-10-14-6-7-16-20(14)15(11-19)8-17-23(2,21)22/h3-7,15,17H,8-11H2,1-2H3/t15-/m1/s1. The molecular formula is C15H21N5O2S. The highest BCUT2D eigenvalue weighted by molar-refractivity contribution is 7.88. The van der Waals surface area contributed by atoms with Gasteiger partial charge in [-0.15, -0.1) is 0 Å². The molecule has 0 bridgehead atoms. The van der Waals surface area contributed by atoms with Crippen molar-refractivity contribution in [3.8, 4) is 0 Å². The van der Waals surface area contributed by atoms with E-state index >= 15 is 0 Å². The minimum Gasteiger partial charge on any atom is -0.290 e. The second kappa shape index (κ2) is 6.38. The molecule has 2 aromatic rings. The Balaban J connectivity index is 1.74. The molecule has 2 aromatic heterocycles. The summed E-state index contributed by atoms with van der Waals surface area (Å²) in [6.07, 6.45) is 2.94. The molecule has 0 radical (unpaired) electrons. The van der Waals surface area contributed by atoms with Crippen LogP contribution in [0, 0.1) is 6.92 Å². The van der Waals surface area contributed by atoms with Gasteiger partial charge in [-0.3, -0.25) is 14.6 Å². The fourth-order valence-electron chi connectivity index (χ4n) is 2.90. The molecule has 3 heterocycles. The zero-order valence-electron chi connectivity index (χ0n) is 13.3. The number of aromatic nitrogens is 3. The van der Waals surface area contributed by atoms with E-state index in [1.165, 1.54) is 6.26 Å². The van der Waals surface area contributed by atoms with Gasteiger partial charge in [0.25, 0.3) is 0 Å². The number of hydrogen-bond acceptors (Lipinski definition) is 5. The molecule has 7 nitrogen and oxygen atoms in total. The number of nitrogens with one attached hydrogen (secondary N) is 1. The van der Waals surface area contributed by atoms with Crippen LogP contribution >= 0.6 is 0 Å². The minimum atomic E-state index is -3.21. The predicted molar refractivity (Wildman–Crippen MR) is 87.2 cm³/mol. The normalized spacial score (nSPS) is 18.8. The van der Waals surface area contributed by atoms with E-state index < -0.39 is 10.0 Å². The van der Waals surface area contributed by atoms with Gasteiger partial charge in [-0.2, -0.15) is 5.10 Å². The molecule has 0 saturated carbocycles. The first-order valence-corrected chi connectivity index (χ1v) is 9.42. The number of pyridine rings is 1. The summed E-state index contributed by atoms with van der Waals surface area (Å²) in [4.78, 5) is 6.82. The smallest absolute Gasteiger partial charge is 0.208 e. The molecule has 0 amide bonds. The van der Waals surface area contributed by atoms with Gasteiger partial charge in [-0.05, 0) is 25.1 Å². The largest absolute Gasteiger partial charge is 0.290 e. The molecule has 1 N–H and O–H groups in total. The summed E-state index contributed by atoms with van der Waals surface area (Å²) in [6, 6.07) is 7.96. The van der Waals surface area contributed by atoms with Gasteiger partial charge in [0.05, 0.1) is 23.7 Å². The SMILES string of the molecule is Cc1cccc(CN2Cc3ccnn3[C@H](CNS(C)(=O)=O)C2)n1. The maximum atomic E-state index is 11.4. The van der Waals surface area contributed by atoms with E-state index in [0.717, 1.165) is 36.7 Å². The maximum Gasteiger partial charge on any atom is 0.208 e. The number of hydrogen-bond donors (Lipinski definition) is 1. The van der Waals surface area contributed by atoms with Crippen molar-refractivity contribution in [2.24, 2.45) is 0 Å². The Morgan fingerprint density at radius 2 is 2.17 bits per heavy atom. The Hall–Kier alpha value is -1.77. The molecule has 0 aromatic carbocycles. The van der Waals surface area contributed by atoms with E-state index in [0.29, 0.717) is 6.54 Å². The lowest BCUT2D eigenvalue weighted by Crippen LogP contribution is -2.42. The molecule has 0 unspecified atom stereocenters. The third-order valence-corrected chi connectivity index (χ3v) is 4.56. The zero-order valence-corrected chi connectivity index (χ0v) is 14.1. The van der Waals surface area contributed by atoms with Crippen LogP contribution in [-0.4, -0.2) is 47.4 Å². The summed E-state index contributed by atoms with van der Waals surface area (Å²) >= 11 is 0. The summed E-state index contributed by atoms with van der Waals surface area (Å²) < 4.78 is 27.2. The Kier molecular flexibility index (Phi) is 4.47. The average Bonchev–Trinajstić information content (AvgIpc) is 2.92. The highest BCUT2D eigenvalue weighted by Crippen LogP contribution is 2.21. The first-order chi connectivity index (χ1) is 10.9. The summed E-state index contributed by atoms with van der Waals surface area (Å²) in [6.45, 7) is 4.57. The van der Waals surface area contributed by atoms with Crippen molar-refractivity contribution in [1.29, 1.82) is 0 Å². The summed E-state index contributed by atoms with van der Waals surface area (Å²) in [7, 11) is -3.21. The highest BCUT2D eigenvalue weighted by Gasteiger charge is 2.26. The molecule has 0 aliphatic carbocycles. The second-order valence-corrected chi connectivity index (χ2v) is 7.81. The lowest BCUT2D eigenvalue weighted by molar-refractivity contribution is 0.166. The highest BCUT2D eigenvalue weighted by atomic mass is 32.2. The van der Waals surface area contributed by atoms with Gasteiger partial charge >= 0.3 is 0 Å². The molecule has 1 atom stereocenters. The Labute approximate surface area is 136 Å². The van der Waals surface area contributed by atoms with Gasteiger partial charge in [-0.1, -0.05) is 6.07 Å². The van der Waals surface area contributed by atoms with E-state index in [2.05, 4.69) is 19.7 Å². The van der Waals surface area contributed by atoms with Crippen molar-refractivity contribution in [3.63, 3.8) is 0 Å². The van der Waals surface area contributed by atoms with Crippen LogP contribution in [0.4, 0.5) is 0 Å². The number of fused-ring (bicyclic) bond motifs is 1. The van der Waals surface area contributed by atoms with E-state index in [1.54, 1.807) is 6.20 Å². The fourth-order valence-corrected chi connectivity index (χ4v) is 3.40. The van der Waals surface area contributed by atoms with Crippen molar-refractivity contribution in [2.45, 2.75) is 26.1 Å². The lowest BCUT2D eigenvalue weighted by Gasteiger charge is -2.33. The van der Waals surface area contributed by atoms with E-state index in [4.69, 9.17) is 0 Å². The molecule has 0 spiro atoms. The quantitative estimate of drug-likeness (QED) is 0.870. The molecular weight excluding hydrogens is 314 g/mol. The second-order valence-electron chi connectivity index (χ2n) is 5.98. The van der Waals surface area contributed by atoms with Gasteiger partial charge in [-0.25, -0.2) is 13.1 Å². The molecule has 124 valence electrons. The third kappa shape index (κ3) is 4.15. The van der Waals surface area contributed by atoms with Crippen LogP contribution in [-0.2, 0) is 23.1 Å². The number of nitrogens with zero attached hydrogens (tertiary/aromatic N) is 4. The van der Waals surface area contributed by atoms with Gasteiger partial charge in [0, 0.05) is 38.1 Å². The summed E-state index contributed by atoms with van der Waals surface area (Å²) in [5.74, 6) is 0. The minimum absolute atomic E-state index is 0.0201. The Bertz CT molecular complexity index is 787. The van der Waals surface area contributed by atoms with Crippen LogP contribution in [0.3, 0.4) is 0 Å². The third-order valence-electron chi connectivity index (χ3n) is 3.87. The zero-order chi connectivity index (χ0) is 16.4. The first-order valence-electron chi connectivity index (χ1n) is 7.52. The molecule has 0 fully saturated rings. The monoisotopic (exact) mass is 335 g/mol. The number of sulfonamides is 1. The molecule has 3 rings (SSSR count). The van der Waals surface area contributed by atoms with Crippen molar-refractivity contribution in [2.75, 3.05) is 19.3 Å². The van der Waals surface area contributed by atoms with Gasteiger partial charge < -0.3 is 0 Å². The molecule has 0 saturated heterocycles. The number of aryl methyl sites for hydroxylation is 1. The topological polar surface area (TPSA) is 80.1 Å². The van der Waals surface area contributed by atoms with Crippen LogP contribution in [0.1, 0.15) is 23.1 Å². The Morgan fingerprint density at radius 3 is 2.91 bits per heavy atom. The maximum absolute atomic E-state index is 11.4. The average molecular weight is 335 g/mol. The van der Waals surface area contributed by atoms with Crippen molar-refractivity contribution in [3.05, 3.63) is 47.5 Å². The molecule has 1 aliphatic heterocycles. The molecule has 8 heteroatoms.